The molecule has 0 radical (unpaired) electrons. The standard InChI is InChI=1S/C28H34N2O6/c1-19(2)27(33)29-23(21-11-7-5-8-12-21)17-35-25(31)15-16-26(32)36-18-24(30-28(34)20(3)4)22-13-9-6-10-14-22/h5-16,19-20,23-24H,17-18H2,1-4H3,(H,29,33)(H,30,34)/b16-15+/t23-,24-/m1/s1. The Morgan fingerprint density at radius 3 is 1.28 bits per heavy atom. The predicted octanol–water partition coefficient (Wildman–Crippen LogP) is 3.66. The fourth-order valence-corrected chi connectivity index (χ4v) is 3.05. The van der Waals surface area contributed by atoms with E-state index in [9.17, 15) is 19.2 Å². The Morgan fingerprint density at radius 2 is 0.972 bits per heavy atom. The zero-order valence-corrected chi connectivity index (χ0v) is 21.1. The number of rotatable bonds is 12. The molecule has 0 bridgehead atoms. The Labute approximate surface area is 212 Å². The molecule has 0 unspecified atom stereocenters. The van der Waals surface area contributed by atoms with Crippen molar-refractivity contribution in [2.45, 2.75) is 39.8 Å². The molecule has 0 aromatic heterocycles. The van der Waals surface area contributed by atoms with Gasteiger partial charge in [-0.3, -0.25) is 9.59 Å². The van der Waals surface area contributed by atoms with Crippen molar-refractivity contribution in [2.24, 2.45) is 11.8 Å². The summed E-state index contributed by atoms with van der Waals surface area (Å²) < 4.78 is 10.5. The van der Waals surface area contributed by atoms with Crippen molar-refractivity contribution in [2.75, 3.05) is 13.2 Å². The van der Waals surface area contributed by atoms with E-state index >= 15 is 0 Å². The zero-order chi connectivity index (χ0) is 26.5. The number of hydrogen-bond acceptors (Lipinski definition) is 6. The van der Waals surface area contributed by atoms with Gasteiger partial charge in [-0.15, -0.1) is 0 Å². The monoisotopic (exact) mass is 494 g/mol. The molecule has 0 heterocycles. The van der Waals surface area contributed by atoms with Gasteiger partial charge in [-0.1, -0.05) is 88.4 Å². The topological polar surface area (TPSA) is 111 Å². The minimum atomic E-state index is -0.751. The quantitative estimate of drug-likeness (QED) is 0.344. The molecule has 2 atom stereocenters. The Morgan fingerprint density at radius 1 is 0.639 bits per heavy atom. The minimum Gasteiger partial charge on any atom is -0.460 e. The highest BCUT2D eigenvalue weighted by molar-refractivity contribution is 5.91. The van der Waals surface area contributed by atoms with E-state index in [1.54, 1.807) is 27.7 Å². The summed E-state index contributed by atoms with van der Waals surface area (Å²) in [5, 5.41) is 5.72. The summed E-state index contributed by atoms with van der Waals surface area (Å²) in [5.41, 5.74) is 1.58. The molecule has 2 rings (SSSR count). The predicted molar refractivity (Wildman–Crippen MR) is 135 cm³/mol. The molecule has 0 spiro atoms. The SMILES string of the molecule is CC(C)C(=O)N[C@H](COC(=O)/C=C/C(=O)OC[C@@H](NC(=O)C(C)C)c1ccccc1)c1ccccc1. The average molecular weight is 495 g/mol. The van der Waals surface area contributed by atoms with Gasteiger partial charge in [0.1, 0.15) is 13.2 Å². The van der Waals surface area contributed by atoms with E-state index in [1.165, 1.54) is 0 Å². The fourth-order valence-electron chi connectivity index (χ4n) is 3.05. The molecule has 36 heavy (non-hydrogen) atoms. The number of ether oxygens (including phenoxy) is 2. The summed E-state index contributed by atoms with van der Waals surface area (Å²) in [6, 6.07) is 17.3. The Hall–Kier alpha value is -3.94. The second kappa shape index (κ2) is 14.5. The number of carbonyl (C=O) groups is 4. The summed E-state index contributed by atoms with van der Waals surface area (Å²) in [6.45, 7) is 6.89. The number of amides is 2. The molecule has 2 aromatic carbocycles. The van der Waals surface area contributed by atoms with Crippen LogP contribution in [0, 0.1) is 11.8 Å². The molecule has 0 aliphatic carbocycles. The van der Waals surface area contributed by atoms with E-state index in [4.69, 9.17) is 9.47 Å². The van der Waals surface area contributed by atoms with Crippen LogP contribution in [-0.2, 0) is 28.7 Å². The molecule has 0 fully saturated rings. The lowest BCUT2D eigenvalue weighted by Crippen LogP contribution is -2.35. The summed E-state index contributed by atoms with van der Waals surface area (Å²) in [6.07, 6.45) is 1.94. The number of nitrogens with one attached hydrogen (secondary N) is 2. The molecule has 0 saturated heterocycles. The van der Waals surface area contributed by atoms with Gasteiger partial charge in [0.15, 0.2) is 0 Å². The summed E-state index contributed by atoms with van der Waals surface area (Å²) >= 11 is 0. The molecule has 2 N–H and O–H groups in total. The first-order chi connectivity index (χ1) is 17.2. The van der Waals surface area contributed by atoms with Gasteiger partial charge < -0.3 is 20.1 Å². The summed E-state index contributed by atoms with van der Waals surface area (Å²) in [5.74, 6) is -2.30. The first-order valence-electron chi connectivity index (χ1n) is 11.9. The molecular formula is C28H34N2O6. The van der Waals surface area contributed by atoms with Crippen molar-refractivity contribution < 1.29 is 28.7 Å². The Balaban J connectivity index is 1.92. The molecule has 8 heteroatoms. The van der Waals surface area contributed by atoms with Crippen LogP contribution >= 0.6 is 0 Å². The van der Waals surface area contributed by atoms with Gasteiger partial charge >= 0.3 is 11.9 Å². The van der Waals surface area contributed by atoms with Gasteiger partial charge in [0.2, 0.25) is 11.8 Å². The van der Waals surface area contributed by atoms with E-state index in [2.05, 4.69) is 10.6 Å². The Bertz CT molecular complexity index is 951. The van der Waals surface area contributed by atoms with Gasteiger partial charge in [0.25, 0.3) is 0 Å². The largest absolute Gasteiger partial charge is 0.460 e. The fraction of sp³-hybridized carbons (Fsp3) is 0.357. The lowest BCUT2D eigenvalue weighted by Gasteiger charge is -2.20. The molecule has 8 nitrogen and oxygen atoms in total. The van der Waals surface area contributed by atoms with E-state index in [1.807, 2.05) is 60.7 Å². The van der Waals surface area contributed by atoms with Gasteiger partial charge in [-0.25, -0.2) is 9.59 Å². The van der Waals surface area contributed by atoms with Gasteiger partial charge in [0, 0.05) is 24.0 Å². The number of benzene rings is 2. The first-order valence-corrected chi connectivity index (χ1v) is 11.9. The average Bonchev–Trinajstić information content (AvgIpc) is 2.88. The number of hydrogen-bond donors (Lipinski definition) is 2. The highest BCUT2D eigenvalue weighted by Gasteiger charge is 2.19. The minimum absolute atomic E-state index is 0.0992. The molecular weight excluding hydrogens is 460 g/mol. The van der Waals surface area contributed by atoms with E-state index < -0.39 is 24.0 Å². The van der Waals surface area contributed by atoms with E-state index in [-0.39, 0.29) is 36.9 Å². The van der Waals surface area contributed by atoms with Crippen molar-refractivity contribution >= 4 is 23.8 Å². The van der Waals surface area contributed by atoms with Crippen LogP contribution in [0.25, 0.3) is 0 Å². The van der Waals surface area contributed by atoms with Crippen molar-refractivity contribution in [1.82, 2.24) is 10.6 Å². The zero-order valence-electron chi connectivity index (χ0n) is 21.1. The molecule has 0 aliphatic rings. The maximum Gasteiger partial charge on any atom is 0.331 e. The summed E-state index contributed by atoms with van der Waals surface area (Å²) in [4.78, 5) is 48.7. The van der Waals surface area contributed by atoms with Gasteiger partial charge in [-0.2, -0.15) is 0 Å². The van der Waals surface area contributed by atoms with Crippen molar-refractivity contribution in [1.29, 1.82) is 0 Å². The molecule has 2 amide bonds. The highest BCUT2D eigenvalue weighted by Crippen LogP contribution is 2.15. The third-order valence-electron chi connectivity index (χ3n) is 5.23. The lowest BCUT2D eigenvalue weighted by atomic mass is 10.1. The molecule has 0 saturated carbocycles. The van der Waals surface area contributed by atoms with Crippen LogP contribution in [0.3, 0.4) is 0 Å². The highest BCUT2D eigenvalue weighted by atomic mass is 16.5. The van der Waals surface area contributed by atoms with Gasteiger partial charge in [-0.05, 0) is 11.1 Å². The van der Waals surface area contributed by atoms with Crippen molar-refractivity contribution in [3.05, 3.63) is 83.9 Å². The van der Waals surface area contributed by atoms with Crippen molar-refractivity contribution in [3.63, 3.8) is 0 Å². The van der Waals surface area contributed by atoms with Crippen LogP contribution in [0.5, 0.6) is 0 Å². The first kappa shape index (κ1) is 28.3. The maximum absolute atomic E-state index is 12.2. The van der Waals surface area contributed by atoms with E-state index in [0.29, 0.717) is 0 Å². The second-order valence-corrected chi connectivity index (χ2v) is 8.85. The second-order valence-electron chi connectivity index (χ2n) is 8.85. The number of esters is 2. The van der Waals surface area contributed by atoms with E-state index in [0.717, 1.165) is 23.3 Å². The van der Waals surface area contributed by atoms with Gasteiger partial charge in [0.05, 0.1) is 12.1 Å². The molecule has 2 aromatic rings. The van der Waals surface area contributed by atoms with Crippen molar-refractivity contribution in [3.8, 4) is 0 Å². The Kier molecular flexibility index (Phi) is 11.4. The lowest BCUT2D eigenvalue weighted by molar-refractivity contribution is -0.142. The van der Waals surface area contributed by atoms with Crippen LogP contribution in [0.4, 0.5) is 0 Å². The van der Waals surface area contributed by atoms with Crippen LogP contribution < -0.4 is 10.6 Å². The van der Waals surface area contributed by atoms with Crippen LogP contribution in [-0.4, -0.2) is 37.0 Å². The maximum atomic E-state index is 12.2. The third-order valence-corrected chi connectivity index (χ3v) is 5.23. The van der Waals surface area contributed by atoms with Crippen LogP contribution in [0.2, 0.25) is 0 Å². The van der Waals surface area contributed by atoms with Crippen LogP contribution in [0.1, 0.15) is 50.9 Å². The third kappa shape index (κ3) is 9.74. The smallest absolute Gasteiger partial charge is 0.331 e. The number of carbonyl (C=O) groups excluding carboxylic acids is 4. The van der Waals surface area contributed by atoms with Crippen LogP contribution in [0.15, 0.2) is 72.8 Å². The molecule has 192 valence electrons. The summed E-state index contributed by atoms with van der Waals surface area (Å²) in [7, 11) is 0. The normalized spacial score (nSPS) is 12.7. The molecule has 0 aliphatic heterocycles.